The van der Waals surface area contributed by atoms with Crippen molar-refractivity contribution >= 4 is 11.7 Å². The second kappa shape index (κ2) is 7.23. The van der Waals surface area contributed by atoms with Crippen molar-refractivity contribution in [2.75, 3.05) is 45.6 Å². The zero-order valence-corrected chi connectivity index (χ0v) is 12.1. The Hall–Kier alpha value is -1.63. The van der Waals surface area contributed by atoms with E-state index in [4.69, 9.17) is 0 Å². The lowest BCUT2D eigenvalue weighted by atomic mass is 10.2. The number of hydrogen-bond donors (Lipinski definition) is 3. The minimum atomic E-state index is -0.232. The Kier molecular flexibility index (Phi) is 5.34. The molecule has 6 heteroatoms. The maximum atomic E-state index is 11.5. The fourth-order valence-electron chi connectivity index (χ4n) is 2.18. The van der Waals surface area contributed by atoms with Gasteiger partial charge in [-0.1, -0.05) is 12.1 Å². The van der Waals surface area contributed by atoms with Crippen molar-refractivity contribution in [1.29, 1.82) is 0 Å². The van der Waals surface area contributed by atoms with Crippen LogP contribution in [0.25, 0.3) is 0 Å². The van der Waals surface area contributed by atoms with E-state index in [0.29, 0.717) is 0 Å². The molecule has 1 fully saturated rings. The number of benzene rings is 1. The van der Waals surface area contributed by atoms with E-state index in [9.17, 15) is 4.79 Å². The summed E-state index contributed by atoms with van der Waals surface area (Å²) >= 11 is 0. The lowest BCUT2D eigenvalue weighted by molar-refractivity contribution is 0.224. The second-order valence-corrected chi connectivity index (χ2v) is 5.18. The molecule has 1 aliphatic rings. The van der Waals surface area contributed by atoms with Crippen molar-refractivity contribution in [3.05, 3.63) is 29.8 Å². The highest BCUT2D eigenvalue weighted by Crippen LogP contribution is 2.11. The normalized spacial score (nSPS) is 16.1. The van der Waals surface area contributed by atoms with Crippen LogP contribution in [0, 0.1) is 0 Å². The van der Waals surface area contributed by atoms with Crippen LogP contribution >= 0.6 is 0 Å². The number of nitrogens with one attached hydrogen (secondary N) is 3. The van der Waals surface area contributed by atoms with Gasteiger partial charge in [-0.25, -0.2) is 9.80 Å². The molecule has 6 nitrogen and oxygen atoms in total. The van der Waals surface area contributed by atoms with Gasteiger partial charge in [-0.05, 0) is 17.7 Å². The van der Waals surface area contributed by atoms with Crippen molar-refractivity contribution in [1.82, 2.24) is 20.7 Å². The zero-order chi connectivity index (χ0) is 14.4. The van der Waals surface area contributed by atoms with Gasteiger partial charge in [0.25, 0.3) is 0 Å². The fraction of sp³-hybridized carbons (Fsp3) is 0.500. The first-order chi connectivity index (χ1) is 9.63. The summed E-state index contributed by atoms with van der Waals surface area (Å²) in [5.74, 6) is 0. The molecule has 0 saturated carbocycles. The molecule has 20 heavy (non-hydrogen) atoms. The number of anilines is 1. The summed E-state index contributed by atoms with van der Waals surface area (Å²) in [5.41, 5.74) is 4.71. The van der Waals surface area contributed by atoms with E-state index in [0.717, 1.165) is 38.4 Å². The monoisotopic (exact) mass is 277 g/mol. The third-order valence-electron chi connectivity index (χ3n) is 3.15. The molecule has 1 saturated heterocycles. The van der Waals surface area contributed by atoms with Crippen LogP contribution < -0.4 is 16.1 Å². The summed E-state index contributed by atoms with van der Waals surface area (Å²) in [5, 5.41) is 7.74. The molecule has 1 aromatic rings. The smallest absolute Gasteiger partial charge is 0.314 e. The molecule has 3 N–H and O–H groups in total. The van der Waals surface area contributed by atoms with Gasteiger partial charge in [-0.3, -0.25) is 10.3 Å². The number of rotatable bonds is 4. The first-order valence-electron chi connectivity index (χ1n) is 6.90. The van der Waals surface area contributed by atoms with Crippen molar-refractivity contribution in [2.24, 2.45) is 0 Å². The zero-order valence-electron chi connectivity index (χ0n) is 12.1. The van der Waals surface area contributed by atoms with E-state index >= 15 is 0 Å². The van der Waals surface area contributed by atoms with Crippen LogP contribution in [0.5, 0.6) is 0 Å². The maximum absolute atomic E-state index is 11.5. The third-order valence-corrected chi connectivity index (χ3v) is 3.15. The Morgan fingerprint density at radius 3 is 2.50 bits per heavy atom. The number of hydrogen-bond acceptors (Lipinski definition) is 4. The van der Waals surface area contributed by atoms with Gasteiger partial charge in [0.05, 0.1) is 0 Å². The standard InChI is InChI=1S/C14H23N5O/c1-18(2)17-14(20)16-13-5-3-12(4-6-13)11-19-9-7-15-8-10-19/h3-6,15H,7-11H2,1-2H3,(H2,16,17,20). The minimum absolute atomic E-state index is 0.232. The Labute approximate surface area is 120 Å². The van der Waals surface area contributed by atoms with Gasteiger partial charge in [0.1, 0.15) is 0 Å². The number of carbonyl (C=O) groups excluding carboxylic acids is 1. The Bertz CT molecular complexity index is 426. The number of hydrazine groups is 1. The average molecular weight is 277 g/mol. The number of amides is 2. The highest BCUT2D eigenvalue weighted by Gasteiger charge is 2.09. The lowest BCUT2D eigenvalue weighted by Gasteiger charge is -2.27. The van der Waals surface area contributed by atoms with Gasteiger partial charge in [-0.2, -0.15) is 0 Å². The van der Waals surface area contributed by atoms with Crippen LogP contribution in [0.15, 0.2) is 24.3 Å². The highest BCUT2D eigenvalue weighted by molar-refractivity contribution is 5.88. The average Bonchev–Trinajstić information content (AvgIpc) is 2.41. The van der Waals surface area contributed by atoms with Crippen molar-refractivity contribution in [3.63, 3.8) is 0 Å². The predicted octanol–water partition coefficient (Wildman–Crippen LogP) is 0.690. The molecule has 0 aromatic heterocycles. The van der Waals surface area contributed by atoms with E-state index in [1.165, 1.54) is 5.56 Å². The molecular formula is C14H23N5O. The first kappa shape index (κ1) is 14.8. The van der Waals surface area contributed by atoms with Crippen LogP contribution in [0.3, 0.4) is 0 Å². The quantitative estimate of drug-likeness (QED) is 0.709. The lowest BCUT2D eigenvalue weighted by Crippen LogP contribution is -2.42. The molecule has 1 aromatic carbocycles. The molecule has 0 radical (unpaired) electrons. The van der Waals surface area contributed by atoms with Gasteiger partial charge in [0, 0.05) is 52.5 Å². The van der Waals surface area contributed by atoms with E-state index < -0.39 is 0 Å². The Morgan fingerprint density at radius 2 is 1.90 bits per heavy atom. The second-order valence-electron chi connectivity index (χ2n) is 5.18. The van der Waals surface area contributed by atoms with Crippen LogP contribution in [0.4, 0.5) is 10.5 Å². The molecular weight excluding hydrogens is 254 g/mol. The van der Waals surface area contributed by atoms with Gasteiger partial charge >= 0.3 is 6.03 Å². The number of piperazine rings is 1. The highest BCUT2D eigenvalue weighted by atomic mass is 16.2. The van der Waals surface area contributed by atoms with E-state index in [-0.39, 0.29) is 6.03 Å². The molecule has 2 amide bonds. The van der Waals surface area contributed by atoms with Crippen molar-refractivity contribution in [3.8, 4) is 0 Å². The number of urea groups is 1. The van der Waals surface area contributed by atoms with E-state index in [2.05, 4.69) is 33.1 Å². The number of carbonyl (C=O) groups is 1. The van der Waals surface area contributed by atoms with Gasteiger partial charge in [-0.15, -0.1) is 0 Å². The SMILES string of the molecule is CN(C)NC(=O)Nc1ccc(CN2CCNCC2)cc1. The minimum Gasteiger partial charge on any atom is -0.314 e. The maximum Gasteiger partial charge on any atom is 0.333 e. The van der Waals surface area contributed by atoms with E-state index in [1.807, 2.05) is 12.1 Å². The molecule has 0 unspecified atom stereocenters. The Morgan fingerprint density at radius 1 is 1.25 bits per heavy atom. The third kappa shape index (κ3) is 4.80. The summed E-state index contributed by atoms with van der Waals surface area (Å²) in [4.78, 5) is 14.0. The largest absolute Gasteiger partial charge is 0.333 e. The molecule has 0 aliphatic carbocycles. The molecule has 1 aliphatic heterocycles. The van der Waals surface area contributed by atoms with Crippen molar-refractivity contribution in [2.45, 2.75) is 6.54 Å². The topological polar surface area (TPSA) is 59.6 Å². The fourth-order valence-corrected chi connectivity index (χ4v) is 2.18. The number of nitrogens with zero attached hydrogens (tertiary/aromatic N) is 2. The van der Waals surface area contributed by atoms with Gasteiger partial charge in [0.15, 0.2) is 0 Å². The van der Waals surface area contributed by atoms with E-state index in [1.54, 1.807) is 19.1 Å². The van der Waals surface area contributed by atoms with Gasteiger partial charge < -0.3 is 10.6 Å². The molecule has 0 atom stereocenters. The van der Waals surface area contributed by atoms with Crippen molar-refractivity contribution < 1.29 is 4.79 Å². The molecule has 0 bridgehead atoms. The molecule has 0 spiro atoms. The van der Waals surface area contributed by atoms with Crippen LogP contribution in [0.1, 0.15) is 5.56 Å². The first-order valence-corrected chi connectivity index (χ1v) is 6.90. The Balaban J connectivity index is 1.84. The van der Waals surface area contributed by atoms with Crippen LogP contribution in [-0.4, -0.2) is 56.2 Å². The summed E-state index contributed by atoms with van der Waals surface area (Å²) in [6.07, 6.45) is 0. The van der Waals surface area contributed by atoms with Crippen LogP contribution in [0.2, 0.25) is 0 Å². The predicted molar refractivity (Wildman–Crippen MR) is 80.4 cm³/mol. The molecule has 110 valence electrons. The molecule has 2 rings (SSSR count). The van der Waals surface area contributed by atoms with Gasteiger partial charge in [0.2, 0.25) is 0 Å². The summed E-state index contributed by atoms with van der Waals surface area (Å²) in [7, 11) is 3.55. The summed E-state index contributed by atoms with van der Waals surface area (Å²) in [6, 6.07) is 7.77. The summed E-state index contributed by atoms with van der Waals surface area (Å²) in [6.45, 7) is 5.26. The molecule has 1 heterocycles. The summed E-state index contributed by atoms with van der Waals surface area (Å²) < 4.78 is 0. The van der Waals surface area contributed by atoms with Crippen LogP contribution in [-0.2, 0) is 6.54 Å².